The summed E-state index contributed by atoms with van der Waals surface area (Å²) >= 11 is 1.74. The van der Waals surface area contributed by atoms with E-state index in [1.165, 1.54) is 15.8 Å². The van der Waals surface area contributed by atoms with E-state index in [0.717, 1.165) is 31.6 Å². The van der Waals surface area contributed by atoms with Gasteiger partial charge in [0.05, 0.1) is 23.5 Å². The van der Waals surface area contributed by atoms with E-state index >= 15 is 0 Å². The second kappa shape index (κ2) is 6.37. The normalized spacial score (nSPS) is 18.5. The number of amidine groups is 1. The summed E-state index contributed by atoms with van der Waals surface area (Å²) in [5.41, 5.74) is 8.49. The van der Waals surface area contributed by atoms with E-state index in [1.54, 1.807) is 11.3 Å². The summed E-state index contributed by atoms with van der Waals surface area (Å²) in [6.45, 7) is 2.83. The van der Waals surface area contributed by atoms with Crippen molar-refractivity contribution in [1.82, 2.24) is 9.88 Å². The second-order valence-electron chi connectivity index (χ2n) is 6.36. The van der Waals surface area contributed by atoms with Crippen molar-refractivity contribution in [3.63, 3.8) is 0 Å². The van der Waals surface area contributed by atoms with E-state index in [2.05, 4.69) is 61.6 Å². The van der Waals surface area contributed by atoms with Gasteiger partial charge in [0.25, 0.3) is 0 Å². The summed E-state index contributed by atoms with van der Waals surface area (Å²) < 4.78 is 4.35. The van der Waals surface area contributed by atoms with Crippen molar-refractivity contribution >= 4 is 28.1 Å². The topological polar surface area (TPSA) is 59.2 Å². The SMILES string of the molecule is C[n+]1ccc2c(ccn2Cc2cc(C(N)=NC3CCNC3)cs2)c1. The van der Waals surface area contributed by atoms with E-state index in [1.807, 2.05) is 7.05 Å². The first-order valence-electron chi connectivity index (χ1n) is 8.25. The number of aromatic nitrogens is 2. The lowest BCUT2D eigenvalue weighted by atomic mass is 10.2. The number of thiophene rings is 1. The number of nitrogens with two attached hydrogens (primary N) is 1. The highest BCUT2D eigenvalue weighted by atomic mass is 32.1. The molecule has 3 aromatic rings. The Labute approximate surface area is 145 Å². The van der Waals surface area contributed by atoms with Gasteiger partial charge >= 0.3 is 0 Å². The molecule has 0 bridgehead atoms. The molecule has 0 spiro atoms. The van der Waals surface area contributed by atoms with Crippen LogP contribution < -0.4 is 15.6 Å². The maximum absolute atomic E-state index is 6.19. The standard InChI is InChI=1S/C18H22N5S/c1-22-6-4-17-13(10-22)3-7-23(17)11-16-8-14(12-24-16)18(19)21-15-2-5-20-9-15/h3-4,6-8,10,12,15,20H,2,5,9,11H2,1H3,(H2,19,21)/q+1. The lowest BCUT2D eigenvalue weighted by molar-refractivity contribution is -0.670. The molecule has 3 aromatic heterocycles. The van der Waals surface area contributed by atoms with Crippen LogP contribution in [0.5, 0.6) is 0 Å². The Bertz CT molecular complexity index is 886. The Morgan fingerprint density at radius 3 is 3.25 bits per heavy atom. The van der Waals surface area contributed by atoms with Crippen LogP contribution in [0.4, 0.5) is 0 Å². The van der Waals surface area contributed by atoms with Crippen LogP contribution in [-0.4, -0.2) is 29.5 Å². The highest BCUT2D eigenvalue weighted by molar-refractivity contribution is 7.10. The Kier molecular flexibility index (Phi) is 4.08. The molecule has 4 rings (SSSR count). The molecular formula is C18H22N5S+. The van der Waals surface area contributed by atoms with E-state index < -0.39 is 0 Å². The zero-order chi connectivity index (χ0) is 16.5. The lowest BCUT2D eigenvalue weighted by Gasteiger charge is -2.04. The van der Waals surface area contributed by atoms with Crippen molar-refractivity contribution in [3.8, 4) is 0 Å². The van der Waals surface area contributed by atoms with Gasteiger partial charge in [0.15, 0.2) is 12.4 Å². The predicted molar refractivity (Wildman–Crippen MR) is 98.5 cm³/mol. The fourth-order valence-corrected chi connectivity index (χ4v) is 4.05. The number of nitrogens with one attached hydrogen (secondary N) is 1. The summed E-state index contributed by atoms with van der Waals surface area (Å²) in [4.78, 5) is 5.94. The Balaban J connectivity index is 1.54. The highest BCUT2D eigenvalue weighted by Gasteiger charge is 2.14. The van der Waals surface area contributed by atoms with Crippen LogP contribution >= 0.6 is 11.3 Å². The minimum Gasteiger partial charge on any atom is -0.383 e. The van der Waals surface area contributed by atoms with Gasteiger partial charge in [0.1, 0.15) is 12.9 Å². The molecule has 0 saturated carbocycles. The molecule has 0 aliphatic carbocycles. The van der Waals surface area contributed by atoms with Crippen molar-refractivity contribution < 1.29 is 4.57 Å². The number of pyridine rings is 1. The lowest BCUT2D eigenvalue weighted by Crippen LogP contribution is -2.25. The molecular weight excluding hydrogens is 318 g/mol. The van der Waals surface area contributed by atoms with Crippen LogP contribution in [0.2, 0.25) is 0 Å². The van der Waals surface area contributed by atoms with Crippen molar-refractivity contribution in [1.29, 1.82) is 0 Å². The zero-order valence-electron chi connectivity index (χ0n) is 13.8. The summed E-state index contributed by atoms with van der Waals surface area (Å²) in [6, 6.07) is 6.81. The molecule has 124 valence electrons. The largest absolute Gasteiger partial charge is 0.383 e. The third-order valence-electron chi connectivity index (χ3n) is 4.48. The molecule has 3 N–H and O–H groups in total. The van der Waals surface area contributed by atoms with Crippen LogP contribution in [0.15, 0.2) is 47.2 Å². The number of rotatable bonds is 4. The fraction of sp³-hybridized carbons (Fsp3) is 0.333. The summed E-state index contributed by atoms with van der Waals surface area (Å²) in [6.07, 6.45) is 7.45. The molecule has 24 heavy (non-hydrogen) atoms. The molecule has 1 atom stereocenters. The number of aryl methyl sites for hydroxylation is 1. The third-order valence-corrected chi connectivity index (χ3v) is 5.40. The second-order valence-corrected chi connectivity index (χ2v) is 7.35. The highest BCUT2D eigenvalue weighted by Crippen LogP contribution is 2.20. The molecule has 1 aliphatic rings. The van der Waals surface area contributed by atoms with Crippen molar-refractivity contribution in [2.24, 2.45) is 17.8 Å². The predicted octanol–water partition coefficient (Wildman–Crippen LogP) is 1.64. The number of nitrogens with zero attached hydrogens (tertiary/aromatic N) is 3. The van der Waals surface area contributed by atoms with E-state index in [0.29, 0.717) is 11.9 Å². The minimum atomic E-state index is 0.322. The monoisotopic (exact) mass is 340 g/mol. The molecule has 1 fully saturated rings. The molecule has 5 nitrogen and oxygen atoms in total. The zero-order valence-corrected chi connectivity index (χ0v) is 14.6. The van der Waals surface area contributed by atoms with E-state index in [-0.39, 0.29) is 0 Å². The van der Waals surface area contributed by atoms with Gasteiger partial charge in [-0.1, -0.05) is 0 Å². The third kappa shape index (κ3) is 3.07. The molecule has 0 radical (unpaired) electrons. The first kappa shape index (κ1) is 15.4. The smallest absolute Gasteiger partial charge is 0.177 e. The maximum atomic E-state index is 6.19. The van der Waals surface area contributed by atoms with Crippen molar-refractivity contribution in [2.75, 3.05) is 13.1 Å². The molecule has 1 unspecified atom stereocenters. The first-order chi connectivity index (χ1) is 11.7. The van der Waals surface area contributed by atoms with Gasteiger partial charge in [0.2, 0.25) is 0 Å². The van der Waals surface area contributed by atoms with Gasteiger partial charge in [-0.05, 0) is 25.1 Å². The molecule has 0 amide bonds. The number of aliphatic imine (C=N–C) groups is 1. The molecule has 4 heterocycles. The summed E-state index contributed by atoms with van der Waals surface area (Å²) in [7, 11) is 2.05. The van der Waals surface area contributed by atoms with Crippen LogP contribution in [0.1, 0.15) is 16.9 Å². The van der Waals surface area contributed by atoms with Crippen LogP contribution in [-0.2, 0) is 13.6 Å². The fourth-order valence-electron chi connectivity index (χ4n) is 3.18. The van der Waals surface area contributed by atoms with Gasteiger partial charge in [-0.3, -0.25) is 4.99 Å². The van der Waals surface area contributed by atoms with E-state index in [4.69, 9.17) is 5.73 Å². The Morgan fingerprint density at radius 2 is 2.42 bits per heavy atom. The van der Waals surface area contributed by atoms with Gasteiger partial charge in [-0.2, -0.15) is 0 Å². The van der Waals surface area contributed by atoms with Crippen molar-refractivity contribution in [2.45, 2.75) is 19.0 Å². The van der Waals surface area contributed by atoms with E-state index in [9.17, 15) is 0 Å². The van der Waals surface area contributed by atoms with Crippen LogP contribution in [0.25, 0.3) is 10.9 Å². The maximum Gasteiger partial charge on any atom is 0.177 e. The van der Waals surface area contributed by atoms with Crippen molar-refractivity contribution in [3.05, 3.63) is 52.6 Å². The van der Waals surface area contributed by atoms with Gasteiger partial charge in [-0.25, -0.2) is 4.57 Å². The number of fused-ring (bicyclic) bond motifs is 1. The van der Waals surface area contributed by atoms with Gasteiger partial charge in [0, 0.05) is 34.6 Å². The average Bonchev–Trinajstić information content (AvgIpc) is 3.29. The van der Waals surface area contributed by atoms with Crippen LogP contribution in [0.3, 0.4) is 0 Å². The van der Waals surface area contributed by atoms with Gasteiger partial charge in [-0.15, -0.1) is 11.3 Å². The number of hydrogen-bond donors (Lipinski definition) is 2. The van der Waals surface area contributed by atoms with Gasteiger partial charge < -0.3 is 15.6 Å². The molecule has 6 heteroatoms. The van der Waals surface area contributed by atoms with Crippen LogP contribution in [0, 0.1) is 0 Å². The minimum absolute atomic E-state index is 0.322. The molecule has 0 aromatic carbocycles. The quantitative estimate of drug-likeness (QED) is 0.431. The Morgan fingerprint density at radius 1 is 1.50 bits per heavy atom. The molecule has 1 aliphatic heterocycles. The first-order valence-corrected chi connectivity index (χ1v) is 9.13. The summed E-state index contributed by atoms with van der Waals surface area (Å²) in [5.74, 6) is 0.663. The summed E-state index contributed by atoms with van der Waals surface area (Å²) in [5, 5.41) is 6.69. The molecule has 1 saturated heterocycles. The average molecular weight is 340 g/mol. The number of hydrogen-bond acceptors (Lipinski definition) is 3. The Hall–Kier alpha value is -2.18.